The number of unbranched alkanes of at least 4 members (excludes halogenated alkanes) is 1. The zero-order valence-electron chi connectivity index (χ0n) is 29.3. The van der Waals surface area contributed by atoms with Crippen LogP contribution in [0.3, 0.4) is 0 Å². The van der Waals surface area contributed by atoms with Crippen LogP contribution in [0, 0.1) is 5.92 Å². The van der Waals surface area contributed by atoms with Crippen LogP contribution in [0.25, 0.3) is 0 Å². The van der Waals surface area contributed by atoms with Crippen molar-refractivity contribution in [1.82, 2.24) is 16.0 Å². The van der Waals surface area contributed by atoms with Gasteiger partial charge in [0, 0.05) is 59.0 Å². The van der Waals surface area contributed by atoms with E-state index in [0.717, 1.165) is 43.2 Å². The van der Waals surface area contributed by atoms with Gasteiger partial charge < -0.3 is 44.4 Å². The molecule has 0 aromatic heterocycles. The lowest BCUT2D eigenvalue weighted by Gasteiger charge is -2.16. The number of hydrogen-bond donors (Lipinski definition) is 3. The Labute approximate surface area is 282 Å². The molecule has 0 bridgehead atoms. The molecule has 0 aliphatic rings. The first-order valence-electron chi connectivity index (χ1n) is 17.1. The monoisotopic (exact) mass is 667 g/mol. The van der Waals surface area contributed by atoms with Crippen LogP contribution >= 0.6 is 0 Å². The Bertz CT molecular complexity index is 964. The van der Waals surface area contributed by atoms with E-state index in [1.165, 1.54) is 5.56 Å². The number of hydrogen-bond acceptors (Lipinski definition) is 9. The van der Waals surface area contributed by atoms with Crippen LogP contribution in [0.15, 0.2) is 18.2 Å². The van der Waals surface area contributed by atoms with Gasteiger partial charge in [-0.15, -0.1) is 0 Å². The Morgan fingerprint density at radius 3 is 1.74 bits per heavy atom. The Morgan fingerprint density at radius 2 is 1.15 bits per heavy atom. The highest BCUT2D eigenvalue weighted by Crippen LogP contribution is 2.14. The molecule has 0 heterocycles. The van der Waals surface area contributed by atoms with E-state index >= 15 is 0 Å². The summed E-state index contributed by atoms with van der Waals surface area (Å²) in [7, 11) is 3.40. The van der Waals surface area contributed by atoms with Gasteiger partial charge in [0.2, 0.25) is 17.7 Å². The number of nitrogens with one attached hydrogen (secondary N) is 3. The van der Waals surface area contributed by atoms with Gasteiger partial charge in [0.15, 0.2) is 0 Å². The second-order valence-electron chi connectivity index (χ2n) is 11.4. The third kappa shape index (κ3) is 24.2. The number of carbonyl (C=O) groups excluding carboxylic acids is 3. The van der Waals surface area contributed by atoms with Crippen LogP contribution in [0.2, 0.25) is 0 Å². The number of carbonyl (C=O) groups is 3. The summed E-state index contributed by atoms with van der Waals surface area (Å²) in [4.78, 5) is 35.5. The number of ether oxygens (including phenoxy) is 6. The van der Waals surface area contributed by atoms with E-state index in [2.05, 4.69) is 41.1 Å². The fraction of sp³-hybridized carbons (Fsp3) is 0.743. The summed E-state index contributed by atoms with van der Waals surface area (Å²) >= 11 is 0. The standard InChI is InChI=1S/C35H61N3O9/c1-5-9-33(39)37-14-16-44-18-19-45-17-15-38-35(41)12-11-34(40)36-13-8-7-10-30(25-42-3)27-46-20-21-47-28-32-23-29(6-2)22-31(24-32)26-43-4/h22-24,30H,5-21,25-28H2,1-4H3,(H,36,40)(H,37,39)(H,38,41). The molecule has 0 saturated heterocycles. The van der Waals surface area contributed by atoms with E-state index < -0.39 is 0 Å². The summed E-state index contributed by atoms with van der Waals surface area (Å²) < 4.78 is 33.2. The third-order valence-electron chi connectivity index (χ3n) is 7.15. The lowest BCUT2D eigenvalue weighted by Crippen LogP contribution is -2.30. The number of aryl methyl sites for hydroxylation is 1. The number of rotatable bonds is 31. The van der Waals surface area contributed by atoms with E-state index in [1.807, 2.05) is 6.92 Å². The van der Waals surface area contributed by atoms with Crippen molar-refractivity contribution in [1.29, 1.82) is 0 Å². The van der Waals surface area contributed by atoms with E-state index in [1.54, 1.807) is 14.2 Å². The average molecular weight is 668 g/mol. The number of methoxy groups -OCH3 is 2. The second-order valence-corrected chi connectivity index (χ2v) is 11.4. The maximum atomic E-state index is 12.1. The van der Waals surface area contributed by atoms with Crippen LogP contribution in [-0.2, 0) is 62.4 Å². The zero-order chi connectivity index (χ0) is 34.4. The minimum absolute atomic E-state index is 0.0331. The van der Waals surface area contributed by atoms with Gasteiger partial charge in [-0.1, -0.05) is 38.5 Å². The van der Waals surface area contributed by atoms with Crippen molar-refractivity contribution >= 4 is 17.7 Å². The fourth-order valence-corrected chi connectivity index (χ4v) is 4.74. The number of amides is 3. The molecule has 1 atom stereocenters. The van der Waals surface area contributed by atoms with Crippen molar-refractivity contribution in [3.05, 3.63) is 34.9 Å². The Kier molecular flexibility index (Phi) is 26.6. The summed E-state index contributed by atoms with van der Waals surface area (Å²) in [5.74, 6) is -0.00539. The minimum atomic E-state index is -0.183. The Balaban J connectivity index is 2.02. The predicted molar refractivity (Wildman–Crippen MR) is 181 cm³/mol. The van der Waals surface area contributed by atoms with Crippen LogP contribution in [0.1, 0.15) is 75.5 Å². The highest BCUT2D eigenvalue weighted by atomic mass is 16.5. The average Bonchev–Trinajstić information content (AvgIpc) is 3.06. The van der Waals surface area contributed by atoms with Crippen molar-refractivity contribution in [2.45, 2.75) is 78.4 Å². The van der Waals surface area contributed by atoms with Crippen LogP contribution < -0.4 is 16.0 Å². The molecule has 0 aliphatic carbocycles. The molecule has 1 unspecified atom stereocenters. The van der Waals surface area contributed by atoms with E-state index in [-0.39, 0.29) is 36.5 Å². The molecular weight excluding hydrogens is 606 g/mol. The molecule has 1 rings (SSSR count). The molecule has 47 heavy (non-hydrogen) atoms. The topological polar surface area (TPSA) is 143 Å². The lowest BCUT2D eigenvalue weighted by molar-refractivity contribution is -0.126. The zero-order valence-corrected chi connectivity index (χ0v) is 29.3. The molecule has 3 amide bonds. The largest absolute Gasteiger partial charge is 0.384 e. The first kappa shape index (κ1) is 42.4. The maximum absolute atomic E-state index is 12.1. The summed E-state index contributed by atoms with van der Waals surface area (Å²) in [6.45, 7) is 10.5. The first-order chi connectivity index (χ1) is 22.9. The smallest absolute Gasteiger partial charge is 0.220 e. The van der Waals surface area contributed by atoms with Gasteiger partial charge in [-0.25, -0.2) is 0 Å². The van der Waals surface area contributed by atoms with Gasteiger partial charge in [0.05, 0.1) is 66.1 Å². The van der Waals surface area contributed by atoms with Gasteiger partial charge in [-0.2, -0.15) is 0 Å². The maximum Gasteiger partial charge on any atom is 0.220 e. The van der Waals surface area contributed by atoms with Crippen LogP contribution in [0.4, 0.5) is 0 Å². The van der Waals surface area contributed by atoms with Gasteiger partial charge >= 0.3 is 0 Å². The molecule has 1 aromatic carbocycles. The molecule has 1 aromatic rings. The number of benzene rings is 1. The van der Waals surface area contributed by atoms with Gasteiger partial charge in [0.1, 0.15) is 0 Å². The van der Waals surface area contributed by atoms with E-state index in [4.69, 9.17) is 28.4 Å². The quantitative estimate of drug-likeness (QED) is 0.102. The van der Waals surface area contributed by atoms with Gasteiger partial charge in [0.25, 0.3) is 0 Å². The Hall–Kier alpha value is -2.61. The Morgan fingerprint density at radius 1 is 0.596 bits per heavy atom. The molecule has 0 radical (unpaired) electrons. The normalized spacial score (nSPS) is 11.7. The molecule has 3 N–H and O–H groups in total. The molecule has 12 nitrogen and oxygen atoms in total. The third-order valence-corrected chi connectivity index (χ3v) is 7.15. The minimum Gasteiger partial charge on any atom is -0.384 e. The van der Waals surface area contributed by atoms with E-state index in [0.29, 0.717) is 92.1 Å². The van der Waals surface area contributed by atoms with Crippen molar-refractivity contribution in [3.63, 3.8) is 0 Å². The van der Waals surface area contributed by atoms with Crippen molar-refractivity contribution < 1.29 is 42.8 Å². The second kappa shape index (κ2) is 29.5. The summed E-state index contributed by atoms with van der Waals surface area (Å²) in [5.41, 5.74) is 3.58. The van der Waals surface area contributed by atoms with Crippen LogP contribution in [0.5, 0.6) is 0 Å². The van der Waals surface area contributed by atoms with Gasteiger partial charge in [-0.3, -0.25) is 14.4 Å². The summed E-state index contributed by atoms with van der Waals surface area (Å²) in [6, 6.07) is 6.47. The highest BCUT2D eigenvalue weighted by Gasteiger charge is 2.10. The first-order valence-corrected chi connectivity index (χ1v) is 17.1. The lowest BCUT2D eigenvalue weighted by atomic mass is 10.0. The molecule has 0 fully saturated rings. The molecule has 0 aliphatic heterocycles. The summed E-state index contributed by atoms with van der Waals surface area (Å²) in [6.07, 6.45) is 5.32. The molecule has 270 valence electrons. The van der Waals surface area contributed by atoms with Crippen LogP contribution in [-0.4, -0.2) is 104 Å². The molecule has 12 heteroatoms. The molecule has 0 saturated carbocycles. The highest BCUT2D eigenvalue weighted by molar-refractivity contribution is 5.83. The van der Waals surface area contributed by atoms with E-state index in [9.17, 15) is 14.4 Å². The predicted octanol–water partition coefficient (Wildman–Crippen LogP) is 3.32. The van der Waals surface area contributed by atoms with Gasteiger partial charge in [-0.05, 0) is 42.4 Å². The van der Waals surface area contributed by atoms with Crippen molar-refractivity contribution in [3.8, 4) is 0 Å². The summed E-state index contributed by atoms with van der Waals surface area (Å²) in [5, 5.41) is 8.42. The molecule has 0 spiro atoms. The fourth-order valence-electron chi connectivity index (χ4n) is 4.74. The van der Waals surface area contributed by atoms with Crippen molar-refractivity contribution in [2.24, 2.45) is 5.92 Å². The van der Waals surface area contributed by atoms with Crippen molar-refractivity contribution in [2.75, 3.05) is 86.7 Å². The SMILES string of the molecule is CCCC(=O)NCCOCCOCCNC(=O)CCC(=O)NCCCCC(COC)COCCOCc1cc(CC)cc(COC)c1. The molecular formula is C35H61N3O9.